The van der Waals surface area contributed by atoms with Crippen LogP contribution in [0.4, 0.5) is 8.78 Å². The minimum Gasteiger partial charge on any atom is -0.502 e. The van der Waals surface area contributed by atoms with E-state index in [1.165, 1.54) is 28.7 Å². The molecule has 2 bridgehead atoms. The molecule has 0 radical (unpaired) electrons. The normalized spacial score (nSPS) is 21.0. The van der Waals surface area contributed by atoms with Gasteiger partial charge in [-0.1, -0.05) is 38.1 Å². The van der Waals surface area contributed by atoms with Gasteiger partial charge in [-0.25, -0.2) is 8.78 Å². The van der Waals surface area contributed by atoms with Crippen molar-refractivity contribution >= 4 is 17.7 Å². The molecule has 3 aliphatic heterocycles. The molecular weight excluding hydrogens is 512 g/mol. The van der Waals surface area contributed by atoms with Crippen LogP contribution in [0, 0.1) is 17.6 Å². The van der Waals surface area contributed by atoms with Crippen molar-refractivity contribution in [2.45, 2.75) is 36.6 Å². The monoisotopic (exact) mass is 537 g/mol. The molecule has 1 N–H and O–H groups in total. The van der Waals surface area contributed by atoms with Crippen LogP contribution < -0.4 is 15.2 Å². The molecular formula is C28H25F2N3O4S. The highest BCUT2D eigenvalue weighted by atomic mass is 32.2. The number of amides is 1. The van der Waals surface area contributed by atoms with Crippen molar-refractivity contribution in [3.63, 3.8) is 0 Å². The van der Waals surface area contributed by atoms with Gasteiger partial charge in [0.2, 0.25) is 5.43 Å². The quantitative estimate of drug-likeness (QED) is 0.459. The van der Waals surface area contributed by atoms with Gasteiger partial charge in [0.05, 0.1) is 6.04 Å². The van der Waals surface area contributed by atoms with Gasteiger partial charge in [0.1, 0.15) is 25.1 Å². The Hall–Kier alpha value is -3.79. The average Bonchev–Trinajstić information content (AvgIpc) is 3.08. The number of fused-ring (bicyclic) bond motifs is 7. The Morgan fingerprint density at radius 2 is 1.95 bits per heavy atom. The van der Waals surface area contributed by atoms with Gasteiger partial charge >= 0.3 is 0 Å². The third-order valence-electron chi connectivity index (χ3n) is 7.28. The van der Waals surface area contributed by atoms with Crippen molar-refractivity contribution in [2.75, 3.05) is 18.3 Å². The van der Waals surface area contributed by atoms with E-state index in [1.54, 1.807) is 16.0 Å². The molecule has 3 aromatic rings. The highest BCUT2D eigenvalue weighted by molar-refractivity contribution is 7.98. The van der Waals surface area contributed by atoms with Crippen LogP contribution in [0.5, 0.6) is 11.5 Å². The van der Waals surface area contributed by atoms with E-state index >= 15 is 4.39 Å². The lowest BCUT2D eigenvalue weighted by atomic mass is 9.92. The summed E-state index contributed by atoms with van der Waals surface area (Å²) in [5, 5.41) is 12.6. The van der Waals surface area contributed by atoms with Crippen LogP contribution in [-0.2, 0) is 5.75 Å². The summed E-state index contributed by atoms with van der Waals surface area (Å²) in [6, 6.07) is 8.70. The molecule has 7 nitrogen and oxygen atoms in total. The summed E-state index contributed by atoms with van der Waals surface area (Å²) in [6.45, 7) is 4.08. The van der Waals surface area contributed by atoms with E-state index in [2.05, 4.69) is 0 Å². The number of hydrogen-bond acceptors (Lipinski definition) is 6. The Bertz CT molecular complexity index is 1550. The number of carbonyl (C=O) groups is 1. The SMILES string of the molecule is CC(C)C1/C=C/COc2cc(F)c(F)c3c2[C@@H](c2ccccc2SC3)N2CN1C(=O)c1c(O)c(=O)ccn12. The van der Waals surface area contributed by atoms with Crippen LogP contribution in [-0.4, -0.2) is 39.9 Å². The molecule has 1 aromatic heterocycles. The third kappa shape index (κ3) is 3.69. The van der Waals surface area contributed by atoms with Gasteiger partial charge in [0.15, 0.2) is 23.1 Å². The van der Waals surface area contributed by atoms with E-state index in [0.717, 1.165) is 16.5 Å². The number of rotatable bonds is 1. The standard InChI is InChI=1S/C28H25F2N3O4S/c1-15(2)19-7-5-11-37-21-12-18(29)24(30)17-13-38-22-8-4-3-6-16(22)25(23(17)21)33-14-31(19)28(36)26-27(35)20(34)9-10-32(26)33/h3-10,12,15,19,25,35H,11,13-14H2,1-2H3/b7-5+/t19?,25-/m1/s1. The van der Waals surface area contributed by atoms with Gasteiger partial charge in [-0.3, -0.25) is 19.3 Å². The Labute approximate surface area is 221 Å². The number of ether oxygens (including phenoxy) is 1. The molecule has 10 heteroatoms. The number of aromatic nitrogens is 1. The fraction of sp³-hybridized carbons (Fsp3) is 0.286. The first-order valence-electron chi connectivity index (χ1n) is 12.3. The van der Waals surface area contributed by atoms with E-state index in [0.29, 0.717) is 5.56 Å². The van der Waals surface area contributed by atoms with Gasteiger partial charge < -0.3 is 14.7 Å². The van der Waals surface area contributed by atoms with Gasteiger partial charge in [-0.2, -0.15) is 0 Å². The Balaban J connectivity index is 1.72. The van der Waals surface area contributed by atoms with Gasteiger partial charge in [-0.05, 0) is 23.6 Å². The molecule has 0 saturated heterocycles. The summed E-state index contributed by atoms with van der Waals surface area (Å²) in [5.41, 5.74) is 0.560. The molecule has 2 atom stereocenters. The molecule has 3 aliphatic rings. The number of aromatic hydroxyl groups is 1. The topological polar surface area (TPSA) is 75.0 Å². The van der Waals surface area contributed by atoms with E-state index in [9.17, 15) is 19.1 Å². The number of benzene rings is 2. The minimum atomic E-state index is -1.000. The second kappa shape index (κ2) is 9.20. The third-order valence-corrected chi connectivity index (χ3v) is 8.40. The molecule has 0 spiro atoms. The summed E-state index contributed by atoms with van der Waals surface area (Å²) < 4.78 is 37.8. The summed E-state index contributed by atoms with van der Waals surface area (Å²) in [6.07, 6.45) is 5.03. The maximum Gasteiger partial charge on any atom is 0.278 e. The lowest BCUT2D eigenvalue weighted by Gasteiger charge is -2.46. The Kier molecular flexibility index (Phi) is 5.94. The van der Waals surface area contributed by atoms with Crippen molar-refractivity contribution in [1.29, 1.82) is 0 Å². The second-order valence-corrected chi connectivity index (χ2v) is 10.9. The summed E-state index contributed by atoms with van der Waals surface area (Å²) >= 11 is 1.39. The molecule has 0 aliphatic carbocycles. The van der Waals surface area contributed by atoms with E-state index in [1.807, 2.05) is 44.2 Å². The van der Waals surface area contributed by atoms with Crippen molar-refractivity contribution in [1.82, 2.24) is 9.58 Å². The molecule has 1 unspecified atom stereocenters. The average molecular weight is 538 g/mol. The molecule has 196 valence electrons. The molecule has 4 heterocycles. The van der Waals surface area contributed by atoms with Crippen LogP contribution in [0.25, 0.3) is 0 Å². The largest absolute Gasteiger partial charge is 0.502 e. The van der Waals surface area contributed by atoms with E-state index < -0.39 is 40.8 Å². The molecule has 0 saturated carbocycles. The van der Waals surface area contributed by atoms with Crippen LogP contribution in [0.1, 0.15) is 47.1 Å². The number of hydrogen-bond donors (Lipinski definition) is 1. The molecule has 38 heavy (non-hydrogen) atoms. The lowest BCUT2D eigenvalue weighted by molar-refractivity contribution is 0.0587. The molecule has 6 rings (SSSR count). The van der Waals surface area contributed by atoms with Crippen molar-refractivity contribution in [3.8, 4) is 11.5 Å². The maximum absolute atomic E-state index is 15.4. The molecule has 2 aromatic carbocycles. The number of halogens is 2. The zero-order chi connectivity index (χ0) is 26.7. The van der Waals surface area contributed by atoms with Crippen LogP contribution in [0.3, 0.4) is 0 Å². The Morgan fingerprint density at radius 3 is 2.74 bits per heavy atom. The molecule has 0 fully saturated rings. The highest BCUT2D eigenvalue weighted by Gasteiger charge is 2.43. The minimum absolute atomic E-state index is 0.0215. The summed E-state index contributed by atoms with van der Waals surface area (Å²) in [4.78, 5) is 28.7. The number of pyridine rings is 1. The highest BCUT2D eigenvalue weighted by Crippen LogP contribution is 2.47. The smallest absolute Gasteiger partial charge is 0.278 e. The number of thioether (sulfide) groups is 1. The first kappa shape index (κ1) is 24.5. The van der Waals surface area contributed by atoms with Crippen LogP contribution >= 0.6 is 11.8 Å². The van der Waals surface area contributed by atoms with Gasteiger partial charge in [-0.15, -0.1) is 11.8 Å². The van der Waals surface area contributed by atoms with Crippen LogP contribution in [0.2, 0.25) is 0 Å². The fourth-order valence-electron chi connectivity index (χ4n) is 5.49. The number of nitrogens with zero attached hydrogens (tertiary/aromatic N) is 3. The second-order valence-electron chi connectivity index (χ2n) is 9.84. The van der Waals surface area contributed by atoms with Crippen LogP contribution in [0.15, 0.2) is 64.4 Å². The number of carbonyl (C=O) groups excluding carboxylic acids is 1. The predicted molar refractivity (Wildman–Crippen MR) is 139 cm³/mol. The maximum atomic E-state index is 15.4. The van der Waals surface area contributed by atoms with Crippen molar-refractivity contribution in [2.24, 2.45) is 5.92 Å². The van der Waals surface area contributed by atoms with Crippen molar-refractivity contribution in [3.05, 3.63) is 99.0 Å². The predicted octanol–water partition coefficient (Wildman–Crippen LogP) is 4.55. The lowest BCUT2D eigenvalue weighted by Crippen LogP contribution is -2.58. The summed E-state index contributed by atoms with van der Waals surface area (Å²) in [5.74, 6) is -2.76. The zero-order valence-electron chi connectivity index (χ0n) is 20.7. The van der Waals surface area contributed by atoms with Crippen molar-refractivity contribution < 1.29 is 23.4 Å². The zero-order valence-corrected chi connectivity index (χ0v) is 21.5. The first-order chi connectivity index (χ1) is 18.3. The Morgan fingerprint density at radius 1 is 1.16 bits per heavy atom. The van der Waals surface area contributed by atoms with E-state index in [-0.39, 0.29) is 42.0 Å². The fourth-order valence-corrected chi connectivity index (χ4v) is 6.59. The van der Waals surface area contributed by atoms with Gasteiger partial charge in [0, 0.05) is 40.1 Å². The molecule has 1 amide bonds. The van der Waals surface area contributed by atoms with Gasteiger partial charge in [0.25, 0.3) is 5.91 Å². The van der Waals surface area contributed by atoms with E-state index in [4.69, 9.17) is 4.74 Å². The first-order valence-corrected chi connectivity index (χ1v) is 13.3. The summed E-state index contributed by atoms with van der Waals surface area (Å²) in [7, 11) is 0.